The predicted octanol–water partition coefficient (Wildman–Crippen LogP) is 1.91. The first-order valence-electron chi connectivity index (χ1n) is 5.05. The maximum absolute atomic E-state index is 11.1. The second-order valence-corrected chi connectivity index (χ2v) is 3.44. The molecule has 0 fully saturated rings. The van der Waals surface area contributed by atoms with E-state index in [4.69, 9.17) is 16.7 Å². The average molecular weight is 271 g/mol. The number of hydrazone groups is 1. The zero-order valence-electron chi connectivity index (χ0n) is 9.51. The first-order valence-corrected chi connectivity index (χ1v) is 5.42. The summed E-state index contributed by atoms with van der Waals surface area (Å²) in [4.78, 5) is 22.0. The van der Waals surface area contributed by atoms with E-state index in [9.17, 15) is 9.59 Å². The number of rotatable bonds is 5. The van der Waals surface area contributed by atoms with Crippen LogP contribution in [0.15, 0.2) is 29.4 Å². The SMILES string of the molecule is CCOC(=O)C(Cl)=NNc1ccccc1C(=O)O. The smallest absolute Gasteiger partial charge is 0.370 e. The number of carbonyl (C=O) groups excluding carboxylic acids is 1. The van der Waals surface area contributed by atoms with E-state index in [-0.39, 0.29) is 17.9 Å². The molecule has 1 rings (SSSR count). The van der Waals surface area contributed by atoms with Crippen LogP contribution in [-0.4, -0.2) is 28.8 Å². The van der Waals surface area contributed by atoms with Crippen LogP contribution in [0.4, 0.5) is 5.69 Å². The number of carboxylic acids is 1. The molecule has 0 aromatic heterocycles. The van der Waals surface area contributed by atoms with Gasteiger partial charge in [0, 0.05) is 0 Å². The Kier molecular flexibility index (Phi) is 5.13. The van der Waals surface area contributed by atoms with Gasteiger partial charge in [0.1, 0.15) is 0 Å². The molecule has 0 amide bonds. The van der Waals surface area contributed by atoms with Crippen LogP contribution in [-0.2, 0) is 9.53 Å². The highest BCUT2D eigenvalue weighted by molar-refractivity contribution is 6.82. The number of nitrogens with zero attached hydrogens (tertiary/aromatic N) is 1. The molecule has 0 spiro atoms. The second-order valence-electron chi connectivity index (χ2n) is 3.09. The molecule has 0 aliphatic heterocycles. The number of hydrogen-bond acceptors (Lipinski definition) is 5. The Morgan fingerprint density at radius 2 is 2.11 bits per heavy atom. The molecule has 6 nitrogen and oxygen atoms in total. The van der Waals surface area contributed by atoms with Crippen molar-refractivity contribution in [3.8, 4) is 0 Å². The van der Waals surface area contributed by atoms with E-state index in [1.807, 2.05) is 0 Å². The van der Waals surface area contributed by atoms with Crippen molar-refractivity contribution in [3.05, 3.63) is 29.8 Å². The van der Waals surface area contributed by atoms with Crippen LogP contribution in [0.1, 0.15) is 17.3 Å². The van der Waals surface area contributed by atoms with Gasteiger partial charge in [-0.2, -0.15) is 5.10 Å². The van der Waals surface area contributed by atoms with Crippen molar-refractivity contribution in [3.63, 3.8) is 0 Å². The fourth-order valence-electron chi connectivity index (χ4n) is 1.11. The summed E-state index contributed by atoms with van der Waals surface area (Å²) in [5, 5.41) is 12.1. The highest BCUT2D eigenvalue weighted by atomic mass is 35.5. The van der Waals surface area contributed by atoms with Crippen molar-refractivity contribution in [1.29, 1.82) is 0 Å². The lowest BCUT2D eigenvalue weighted by molar-refractivity contribution is -0.134. The van der Waals surface area contributed by atoms with Gasteiger partial charge < -0.3 is 9.84 Å². The van der Waals surface area contributed by atoms with Crippen LogP contribution in [0, 0.1) is 0 Å². The normalized spacial score (nSPS) is 10.9. The Hall–Kier alpha value is -2.08. The zero-order chi connectivity index (χ0) is 13.5. The molecule has 0 unspecified atom stereocenters. The molecule has 1 aromatic rings. The number of anilines is 1. The van der Waals surface area contributed by atoms with Crippen molar-refractivity contribution in [1.82, 2.24) is 0 Å². The molecule has 0 atom stereocenters. The lowest BCUT2D eigenvalue weighted by atomic mass is 10.2. The largest absolute Gasteiger partial charge is 0.478 e. The number of carbonyl (C=O) groups is 2. The molecule has 7 heteroatoms. The molecular formula is C11H11ClN2O4. The van der Waals surface area contributed by atoms with E-state index in [0.29, 0.717) is 0 Å². The Morgan fingerprint density at radius 1 is 1.44 bits per heavy atom. The van der Waals surface area contributed by atoms with E-state index in [1.54, 1.807) is 19.1 Å². The number of nitrogens with one attached hydrogen (secondary N) is 1. The number of halogens is 1. The van der Waals surface area contributed by atoms with Gasteiger partial charge in [0.2, 0.25) is 5.17 Å². The highest BCUT2D eigenvalue weighted by Gasteiger charge is 2.11. The number of carboxylic acid groups (broad SMARTS) is 1. The Labute approximate surface area is 108 Å². The predicted molar refractivity (Wildman–Crippen MR) is 66.9 cm³/mol. The summed E-state index contributed by atoms with van der Waals surface area (Å²) in [5.74, 6) is -1.89. The third-order valence-electron chi connectivity index (χ3n) is 1.88. The molecule has 0 heterocycles. The molecular weight excluding hydrogens is 260 g/mol. The summed E-state index contributed by atoms with van der Waals surface area (Å²) >= 11 is 5.56. The van der Waals surface area contributed by atoms with Crippen molar-refractivity contribution < 1.29 is 19.4 Å². The van der Waals surface area contributed by atoms with Crippen molar-refractivity contribution in [2.75, 3.05) is 12.0 Å². The Morgan fingerprint density at radius 3 is 2.72 bits per heavy atom. The molecule has 2 N–H and O–H groups in total. The molecule has 96 valence electrons. The van der Waals surface area contributed by atoms with E-state index in [0.717, 1.165) is 0 Å². The van der Waals surface area contributed by atoms with Crippen molar-refractivity contribution in [2.24, 2.45) is 5.10 Å². The summed E-state index contributed by atoms with van der Waals surface area (Å²) in [5.41, 5.74) is 2.66. The quantitative estimate of drug-likeness (QED) is 0.485. The first kappa shape index (κ1) is 14.0. The summed E-state index contributed by atoms with van der Waals surface area (Å²) in [6.07, 6.45) is 0. The molecule has 1 aromatic carbocycles. The second kappa shape index (κ2) is 6.61. The van der Waals surface area contributed by atoms with Gasteiger partial charge >= 0.3 is 11.9 Å². The standard InChI is InChI=1S/C11H11ClN2O4/c1-2-18-11(17)9(12)14-13-8-6-4-3-5-7(8)10(15)16/h3-6,13H,2H2,1H3,(H,15,16). The van der Waals surface area contributed by atoms with Gasteiger partial charge in [-0.05, 0) is 19.1 Å². The highest BCUT2D eigenvalue weighted by Crippen LogP contribution is 2.14. The third kappa shape index (κ3) is 3.74. The lowest BCUT2D eigenvalue weighted by Crippen LogP contribution is -2.14. The van der Waals surface area contributed by atoms with Crippen molar-refractivity contribution in [2.45, 2.75) is 6.92 Å². The molecule has 0 aliphatic carbocycles. The van der Waals surface area contributed by atoms with E-state index in [2.05, 4.69) is 15.3 Å². The Bertz CT molecular complexity index is 488. The van der Waals surface area contributed by atoms with Crippen LogP contribution in [0.25, 0.3) is 0 Å². The molecule has 18 heavy (non-hydrogen) atoms. The zero-order valence-corrected chi connectivity index (χ0v) is 10.3. The van der Waals surface area contributed by atoms with Crippen LogP contribution in [0.2, 0.25) is 0 Å². The van der Waals surface area contributed by atoms with Gasteiger partial charge in [0.25, 0.3) is 0 Å². The molecule has 0 aliphatic rings. The van der Waals surface area contributed by atoms with Gasteiger partial charge in [-0.15, -0.1) is 0 Å². The Balaban J connectivity index is 2.83. The molecule has 0 bridgehead atoms. The van der Waals surface area contributed by atoms with Crippen LogP contribution >= 0.6 is 11.6 Å². The molecule has 0 radical (unpaired) electrons. The van der Waals surface area contributed by atoms with Gasteiger partial charge in [-0.25, -0.2) is 9.59 Å². The minimum atomic E-state index is -1.11. The van der Waals surface area contributed by atoms with E-state index >= 15 is 0 Å². The van der Waals surface area contributed by atoms with Gasteiger partial charge in [0.15, 0.2) is 0 Å². The number of para-hydroxylation sites is 1. The molecule has 0 saturated carbocycles. The lowest BCUT2D eigenvalue weighted by Gasteiger charge is -2.05. The summed E-state index contributed by atoms with van der Waals surface area (Å²) in [6, 6.07) is 6.11. The first-order chi connectivity index (χ1) is 8.56. The topological polar surface area (TPSA) is 88.0 Å². The average Bonchev–Trinajstić information content (AvgIpc) is 2.36. The number of ether oxygens (including phenoxy) is 1. The third-order valence-corrected chi connectivity index (χ3v) is 2.11. The van der Waals surface area contributed by atoms with Crippen molar-refractivity contribution >= 4 is 34.4 Å². The number of benzene rings is 1. The summed E-state index contributed by atoms with van der Waals surface area (Å²) < 4.78 is 4.61. The molecule has 0 saturated heterocycles. The van der Waals surface area contributed by atoms with E-state index in [1.165, 1.54) is 12.1 Å². The fourth-order valence-corrected chi connectivity index (χ4v) is 1.21. The van der Waals surface area contributed by atoms with Crippen LogP contribution in [0.5, 0.6) is 0 Å². The summed E-state index contributed by atoms with van der Waals surface area (Å²) in [7, 11) is 0. The van der Waals surface area contributed by atoms with Crippen LogP contribution < -0.4 is 5.43 Å². The van der Waals surface area contributed by atoms with E-state index < -0.39 is 17.1 Å². The number of aromatic carboxylic acids is 1. The maximum atomic E-state index is 11.1. The maximum Gasteiger partial charge on any atom is 0.370 e. The summed E-state index contributed by atoms with van der Waals surface area (Å²) in [6.45, 7) is 1.81. The number of hydrogen-bond donors (Lipinski definition) is 2. The van der Waals surface area contributed by atoms with Crippen LogP contribution in [0.3, 0.4) is 0 Å². The fraction of sp³-hybridized carbons (Fsp3) is 0.182. The minimum Gasteiger partial charge on any atom is -0.478 e. The number of esters is 1. The van der Waals surface area contributed by atoms with Gasteiger partial charge in [-0.3, -0.25) is 5.43 Å². The van der Waals surface area contributed by atoms with Gasteiger partial charge in [0.05, 0.1) is 17.9 Å². The minimum absolute atomic E-state index is 0.0228. The van der Waals surface area contributed by atoms with Gasteiger partial charge in [-0.1, -0.05) is 23.7 Å². The monoisotopic (exact) mass is 270 g/mol.